The Morgan fingerprint density at radius 3 is 2.59 bits per heavy atom. The van der Waals surface area contributed by atoms with Crippen LogP contribution >= 0.6 is 23.2 Å². The van der Waals surface area contributed by atoms with Crippen molar-refractivity contribution in [3.63, 3.8) is 0 Å². The molecule has 1 atom stereocenters. The fourth-order valence-corrected chi connectivity index (χ4v) is 3.90. The highest BCUT2D eigenvalue weighted by atomic mass is 35.5. The molecule has 27 heavy (non-hydrogen) atoms. The third-order valence-corrected chi connectivity index (χ3v) is 5.14. The average molecular weight is 409 g/mol. The summed E-state index contributed by atoms with van der Waals surface area (Å²) >= 11 is 12.3. The van der Waals surface area contributed by atoms with Crippen molar-refractivity contribution in [3.8, 4) is 11.5 Å². The van der Waals surface area contributed by atoms with Crippen LogP contribution in [0.3, 0.4) is 0 Å². The number of rotatable bonds is 5. The number of benzene rings is 2. The molecule has 0 bridgehead atoms. The summed E-state index contributed by atoms with van der Waals surface area (Å²) in [6, 6.07) is 11.1. The molecule has 0 radical (unpaired) electrons. The summed E-state index contributed by atoms with van der Waals surface area (Å²) in [7, 11) is 3.23. The molecule has 0 spiro atoms. The van der Waals surface area contributed by atoms with E-state index in [9.17, 15) is 4.79 Å². The van der Waals surface area contributed by atoms with Crippen molar-refractivity contribution in [2.75, 3.05) is 38.7 Å². The Kier molecular flexibility index (Phi) is 6.02. The molecule has 0 fully saturated rings. The van der Waals surface area contributed by atoms with Crippen LogP contribution in [0.1, 0.15) is 17.3 Å². The largest absolute Gasteiger partial charge is 0.494 e. The normalized spacial score (nSPS) is 15.7. The second-order valence-corrected chi connectivity index (χ2v) is 7.22. The number of methoxy groups -OCH3 is 1. The number of fused-ring (bicyclic) bond motifs is 1. The van der Waals surface area contributed by atoms with Gasteiger partial charge in [-0.15, -0.1) is 0 Å². The summed E-state index contributed by atoms with van der Waals surface area (Å²) in [5.41, 5.74) is 1.50. The standard InChI is InChI=1S/C20H22Cl2N2O3/c1-4-24-12-14(27-18-8-6-5-7-17(18)24)11-23(2)20(25)13-9-15(21)19(26-3)16(22)10-13/h5-10,14H,4,11-12H2,1-3H3/t14-/m0/s1. The first-order valence-corrected chi connectivity index (χ1v) is 9.49. The Labute approximate surface area is 169 Å². The van der Waals surface area contributed by atoms with E-state index in [-0.39, 0.29) is 12.0 Å². The van der Waals surface area contributed by atoms with Crippen LogP contribution in [0.4, 0.5) is 5.69 Å². The molecule has 2 aromatic rings. The summed E-state index contributed by atoms with van der Waals surface area (Å²) in [6.45, 7) is 4.15. The van der Waals surface area contributed by atoms with E-state index in [1.54, 1.807) is 24.1 Å². The van der Waals surface area contributed by atoms with Crippen LogP contribution in [0, 0.1) is 0 Å². The van der Waals surface area contributed by atoms with E-state index in [0.717, 1.165) is 24.5 Å². The van der Waals surface area contributed by atoms with Crippen molar-refractivity contribution < 1.29 is 14.3 Å². The summed E-state index contributed by atoms with van der Waals surface area (Å²) < 4.78 is 11.2. The summed E-state index contributed by atoms with van der Waals surface area (Å²) in [6.07, 6.45) is -0.127. The number of anilines is 1. The number of amides is 1. The Bertz CT molecular complexity index is 821. The number of carbonyl (C=O) groups excluding carboxylic acids is 1. The maximum Gasteiger partial charge on any atom is 0.253 e. The fourth-order valence-electron chi connectivity index (χ4n) is 3.26. The molecule has 1 aliphatic rings. The van der Waals surface area contributed by atoms with Crippen LogP contribution in [-0.2, 0) is 0 Å². The highest BCUT2D eigenvalue weighted by Crippen LogP contribution is 2.35. The summed E-state index contributed by atoms with van der Waals surface area (Å²) in [5, 5.41) is 0.614. The van der Waals surface area contributed by atoms with E-state index in [2.05, 4.69) is 11.8 Å². The lowest BCUT2D eigenvalue weighted by Crippen LogP contribution is -2.46. The number of halogens is 2. The summed E-state index contributed by atoms with van der Waals surface area (Å²) in [4.78, 5) is 16.7. The third kappa shape index (κ3) is 4.09. The van der Waals surface area contributed by atoms with Crippen LogP contribution in [0.25, 0.3) is 0 Å². The van der Waals surface area contributed by atoms with Gasteiger partial charge < -0.3 is 19.3 Å². The van der Waals surface area contributed by atoms with Crippen molar-refractivity contribution >= 4 is 34.8 Å². The zero-order chi connectivity index (χ0) is 19.6. The van der Waals surface area contributed by atoms with Gasteiger partial charge >= 0.3 is 0 Å². The van der Waals surface area contributed by atoms with E-state index in [0.29, 0.717) is 27.9 Å². The highest BCUT2D eigenvalue weighted by Gasteiger charge is 2.27. The molecule has 0 aromatic heterocycles. The van der Waals surface area contributed by atoms with Gasteiger partial charge in [0.05, 0.1) is 35.9 Å². The lowest BCUT2D eigenvalue weighted by Gasteiger charge is -2.37. The van der Waals surface area contributed by atoms with Crippen molar-refractivity contribution in [2.24, 2.45) is 0 Å². The van der Waals surface area contributed by atoms with Gasteiger partial charge in [-0.05, 0) is 31.2 Å². The Morgan fingerprint density at radius 1 is 1.30 bits per heavy atom. The number of ether oxygens (including phenoxy) is 2. The lowest BCUT2D eigenvalue weighted by molar-refractivity contribution is 0.0709. The van der Waals surface area contributed by atoms with Gasteiger partial charge in [0.25, 0.3) is 5.91 Å². The molecule has 1 amide bonds. The zero-order valence-electron chi connectivity index (χ0n) is 15.5. The minimum Gasteiger partial charge on any atom is -0.494 e. The minimum atomic E-state index is -0.174. The first-order chi connectivity index (χ1) is 12.9. The topological polar surface area (TPSA) is 42.0 Å². The number of nitrogens with zero attached hydrogens (tertiary/aromatic N) is 2. The van der Waals surface area contributed by atoms with Gasteiger partial charge in [-0.2, -0.15) is 0 Å². The maximum atomic E-state index is 12.8. The monoisotopic (exact) mass is 408 g/mol. The molecule has 0 saturated carbocycles. The van der Waals surface area contributed by atoms with Gasteiger partial charge in [-0.3, -0.25) is 4.79 Å². The van der Waals surface area contributed by atoms with Gasteiger partial charge in [0.1, 0.15) is 11.9 Å². The molecule has 1 heterocycles. The number of hydrogen-bond donors (Lipinski definition) is 0. The Balaban J connectivity index is 1.74. The van der Waals surface area contributed by atoms with E-state index in [1.807, 2.05) is 24.3 Å². The fraction of sp³-hybridized carbons (Fsp3) is 0.350. The first-order valence-electron chi connectivity index (χ1n) is 8.73. The zero-order valence-corrected chi connectivity index (χ0v) is 17.0. The van der Waals surface area contributed by atoms with Crippen LogP contribution in [0.2, 0.25) is 10.0 Å². The van der Waals surface area contributed by atoms with Crippen LogP contribution in [0.15, 0.2) is 36.4 Å². The molecular weight excluding hydrogens is 387 g/mol. The van der Waals surface area contributed by atoms with E-state index in [1.165, 1.54) is 7.11 Å². The first kappa shape index (κ1) is 19.6. The molecule has 0 N–H and O–H groups in total. The Hall–Kier alpha value is -2.11. The minimum absolute atomic E-state index is 0.127. The molecular formula is C20H22Cl2N2O3. The van der Waals surface area contributed by atoms with E-state index in [4.69, 9.17) is 32.7 Å². The maximum absolute atomic E-state index is 12.8. The van der Waals surface area contributed by atoms with Gasteiger partial charge in [0, 0.05) is 19.2 Å². The quantitative estimate of drug-likeness (QED) is 0.736. The Morgan fingerprint density at radius 2 is 1.96 bits per heavy atom. The average Bonchev–Trinajstić information content (AvgIpc) is 2.66. The van der Waals surface area contributed by atoms with Gasteiger partial charge in [-0.1, -0.05) is 35.3 Å². The number of hydrogen-bond acceptors (Lipinski definition) is 4. The van der Waals surface area contributed by atoms with Crippen molar-refractivity contribution in [1.82, 2.24) is 4.90 Å². The van der Waals surface area contributed by atoms with E-state index >= 15 is 0 Å². The van der Waals surface area contributed by atoms with E-state index < -0.39 is 0 Å². The van der Waals surface area contributed by atoms with Gasteiger partial charge in [0.15, 0.2) is 5.75 Å². The van der Waals surface area contributed by atoms with Gasteiger partial charge in [-0.25, -0.2) is 0 Å². The van der Waals surface area contributed by atoms with Crippen molar-refractivity contribution in [2.45, 2.75) is 13.0 Å². The molecule has 0 saturated heterocycles. The second kappa shape index (κ2) is 8.28. The molecule has 144 valence electrons. The number of likely N-dealkylation sites (N-methyl/N-ethyl adjacent to an activating group) is 2. The molecule has 7 heteroatoms. The van der Waals surface area contributed by atoms with Crippen LogP contribution in [0.5, 0.6) is 11.5 Å². The number of carbonyl (C=O) groups is 1. The smallest absolute Gasteiger partial charge is 0.253 e. The number of para-hydroxylation sites is 2. The lowest BCUT2D eigenvalue weighted by atomic mass is 10.1. The predicted molar refractivity (Wildman–Crippen MR) is 109 cm³/mol. The molecule has 1 aliphatic heterocycles. The summed E-state index contributed by atoms with van der Waals surface area (Å²) in [5.74, 6) is 1.03. The van der Waals surface area contributed by atoms with Crippen molar-refractivity contribution in [3.05, 3.63) is 52.0 Å². The highest BCUT2D eigenvalue weighted by molar-refractivity contribution is 6.37. The SMILES string of the molecule is CCN1C[C@H](CN(C)C(=O)c2cc(Cl)c(OC)c(Cl)c2)Oc2ccccc21. The molecule has 5 nitrogen and oxygen atoms in total. The molecule has 0 aliphatic carbocycles. The molecule has 2 aromatic carbocycles. The van der Waals surface area contributed by atoms with Crippen LogP contribution in [-0.4, -0.2) is 50.7 Å². The molecule has 3 rings (SSSR count). The van der Waals surface area contributed by atoms with Gasteiger partial charge in [0.2, 0.25) is 0 Å². The van der Waals surface area contributed by atoms with Crippen LogP contribution < -0.4 is 14.4 Å². The second-order valence-electron chi connectivity index (χ2n) is 6.41. The predicted octanol–water partition coefficient (Wildman–Crippen LogP) is 4.36. The third-order valence-electron chi connectivity index (χ3n) is 4.58. The van der Waals surface area contributed by atoms with Crippen molar-refractivity contribution in [1.29, 1.82) is 0 Å². The molecule has 0 unspecified atom stereocenters.